The summed E-state index contributed by atoms with van der Waals surface area (Å²) in [6, 6.07) is 25.3. The highest BCUT2D eigenvalue weighted by Crippen LogP contribution is 2.55. The van der Waals surface area contributed by atoms with E-state index in [0.29, 0.717) is 12.6 Å². The number of likely N-dealkylation sites (tertiary alicyclic amines) is 1. The van der Waals surface area contributed by atoms with Crippen molar-refractivity contribution >= 4 is 6.03 Å². The molecule has 6 fully saturated rings. The fourth-order valence-electron chi connectivity index (χ4n) is 10.3. The van der Waals surface area contributed by atoms with Crippen molar-refractivity contribution in [2.75, 3.05) is 26.8 Å². The lowest BCUT2D eigenvalue weighted by Gasteiger charge is -2.56. The van der Waals surface area contributed by atoms with Crippen molar-refractivity contribution in [2.45, 2.75) is 101 Å². The Kier molecular flexibility index (Phi) is 9.99. The SMILES string of the molecule is COC[C@@H]1CCCN1C[C@@H]1C[C@H](c2ccc(CO)cc2)O[C@H](c2ccc(-c3ccccc3CNC(=O)NC34CC5CC(CC(C5)C3)C4)cc2)O1. The lowest BCUT2D eigenvalue weighted by Crippen LogP contribution is -2.61. The molecule has 0 unspecified atom stereocenters. The Balaban J connectivity index is 0.951. The average molecular weight is 680 g/mol. The van der Waals surface area contributed by atoms with E-state index >= 15 is 0 Å². The standard InChI is InChI=1S/C42H53N3O5/c1-48-27-36-6-4-16-45(36)25-37-20-39(33-10-8-28(26-46)9-11-33)50-40(49-37)34-14-12-32(13-15-34)38-7-3-2-5-35(38)24-43-41(47)44-42-21-29-17-30(22-42)19-31(18-29)23-42/h2-3,5,7-15,29-31,36-37,39-40,46H,4,6,16-27H2,1H3,(H2,43,44,47)/t29?,30?,31?,36-,37-,39+,40+,42?/m0/s1. The molecule has 9 rings (SSSR count). The lowest BCUT2D eigenvalue weighted by molar-refractivity contribution is -0.253. The quantitative estimate of drug-likeness (QED) is 0.198. The number of nitrogens with zero attached hydrogens (tertiary/aromatic N) is 1. The van der Waals surface area contributed by atoms with Crippen LogP contribution in [0.2, 0.25) is 0 Å². The molecule has 6 aliphatic rings. The number of aliphatic hydroxyl groups is 1. The molecule has 2 amide bonds. The van der Waals surface area contributed by atoms with E-state index < -0.39 is 6.29 Å². The number of methoxy groups -OCH3 is 1. The van der Waals surface area contributed by atoms with E-state index in [4.69, 9.17) is 14.2 Å². The van der Waals surface area contributed by atoms with Gasteiger partial charge in [0, 0.05) is 43.8 Å². The number of aliphatic hydroxyl groups excluding tert-OH is 1. The van der Waals surface area contributed by atoms with Crippen molar-refractivity contribution in [3.63, 3.8) is 0 Å². The highest BCUT2D eigenvalue weighted by atomic mass is 16.7. The van der Waals surface area contributed by atoms with E-state index in [1.165, 1.54) is 25.7 Å². The highest BCUT2D eigenvalue weighted by Gasteiger charge is 2.51. The molecule has 3 aromatic rings. The number of carbonyl (C=O) groups excluding carboxylic acids is 1. The van der Waals surface area contributed by atoms with Crippen molar-refractivity contribution in [1.82, 2.24) is 15.5 Å². The Morgan fingerprint density at radius 3 is 2.30 bits per heavy atom. The summed E-state index contributed by atoms with van der Waals surface area (Å²) in [5, 5.41) is 16.2. The molecule has 2 saturated heterocycles. The van der Waals surface area contributed by atoms with Gasteiger partial charge in [-0.05, 0) is 103 Å². The second kappa shape index (κ2) is 14.8. The van der Waals surface area contributed by atoms with E-state index in [2.05, 4.69) is 70.1 Å². The van der Waals surface area contributed by atoms with Crippen molar-refractivity contribution in [3.8, 4) is 11.1 Å². The predicted octanol–water partition coefficient (Wildman–Crippen LogP) is 7.27. The largest absolute Gasteiger partial charge is 0.392 e. The fourth-order valence-corrected chi connectivity index (χ4v) is 10.3. The summed E-state index contributed by atoms with van der Waals surface area (Å²) >= 11 is 0. The van der Waals surface area contributed by atoms with Crippen LogP contribution in [0, 0.1) is 17.8 Å². The van der Waals surface area contributed by atoms with E-state index in [-0.39, 0.29) is 30.4 Å². The second-order valence-corrected chi connectivity index (χ2v) is 15.9. The number of hydrogen-bond donors (Lipinski definition) is 3. The van der Waals surface area contributed by atoms with Gasteiger partial charge in [-0.25, -0.2) is 4.79 Å². The maximum absolute atomic E-state index is 13.2. The average Bonchev–Trinajstić information content (AvgIpc) is 3.56. The summed E-state index contributed by atoms with van der Waals surface area (Å²) in [6.07, 6.45) is 10.0. The van der Waals surface area contributed by atoms with Gasteiger partial charge >= 0.3 is 6.03 Å². The number of nitrogens with one attached hydrogen (secondary N) is 2. The van der Waals surface area contributed by atoms with Gasteiger partial charge < -0.3 is 30.0 Å². The normalized spacial score (nSPS) is 31.9. The fraction of sp³-hybridized carbons (Fsp3) is 0.548. The van der Waals surface area contributed by atoms with Gasteiger partial charge in [0.25, 0.3) is 0 Å². The molecule has 50 heavy (non-hydrogen) atoms. The third kappa shape index (κ3) is 7.37. The first-order valence-electron chi connectivity index (χ1n) is 18.9. The van der Waals surface area contributed by atoms with E-state index in [1.807, 2.05) is 18.2 Å². The Hall–Kier alpha value is -3.27. The molecule has 266 valence electrons. The van der Waals surface area contributed by atoms with Crippen LogP contribution in [0.5, 0.6) is 0 Å². The van der Waals surface area contributed by atoms with Gasteiger partial charge in [0.05, 0.1) is 25.4 Å². The zero-order valence-electron chi connectivity index (χ0n) is 29.4. The maximum Gasteiger partial charge on any atom is 0.315 e. The zero-order valence-corrected chi connectivity index (χ0v) is 29.4. The van der Waals surface area contributed by atoms with E-state index in [1.54, 1.807) is 7.11 Å². The minimum absolute atomic E-state index is 0.00154. The molecule has 4 bridgehead atoms. The van der Waals surface area contributed by atoms with Crippen molar-refractivity contribution in [2.24, 2.45) is 17.8 Å². The first-order chi connectivity index (χ1) is 24.5. The van der Waals surface area contributed by atoms with Gasteiger partial charge in [0.2, 0.25) is 0 Å². The number of benzene rings is 3. The topological polar surface area (TPSA) is 92.3 Å². The molecular weight excluding hydrogens is 626 g/mol. The van der Waals surface area contributed by atoms with Gasteiger partial charge in [-0.3, -0.25) is 4.90 Å². The van der Waals surface area contributed by atoms with Gasteiger partial charge in [-0.1, -0.05) is 72.8 Å². The number of rotatable bonds is 11. The molecule has 3 N–H and O–H groups in total. The summed E-state index contributed by atoms with van der Waals surface area (Å²) < 4.78 is 18.9. The van der Waals surface area contributed by atoms with Crippen LogP contribution in [-0.2, 0) is 27.4 Å². The smallest absolute Gasteiger partial charge is 0.315 e. The summed E-state index contributed by atoms with van der Waals surface area (Å²) in [5.74, 6) is 2.38. The van der Waals surface area contributed by atoms with Crippen LogP contribution < -0.4 is 10.6 Å². The number of ether oxygens (including phenoxy) is 3. The first-order valence-corrected chi connectivity index (χ1v) is 18.9. The minimum Gasteiger partial charge on any atom is -0.392 e. The van der Waals surface area contributed by atoms with Crippen molar-refractivity contribution < 1.29 is 24.1 Å². The summed E-state index contributed by atoms with van der Waals surface area (Å²) in [5.41, 5.74) is 6.26. The Bertz CT molecular complexity index is 1580. The molecule has 0 aromatic heterocycles. The molecule has 3 aromatic carbocycles. The van der Waals surface area contributed by atoms with E-state index in [0.717, 1.165) is 103 Å². The van der Waals surface area contributed by atoms with E-state index in [9.17, 15) is 9.90 Å². The molecule has 4 saturated carbocycles. The van der Waals surface area contributed by atoms with Crippen LogP contribution in [-0.4, -0.2) is 60.5 Å². The Morgan fingerprint density at radius 1 is 0.900 bits per heavy atom. The van der Waals surface area contributed by atoms with Gasteiger partial charge in [0.1, 0.15) is 0 Å². The first kappa shape index (κ1) is 33.9. The molecule has 8 heteroatoms. The van der Waals surface area contributed by atoms with Crippen LogP contribution in [0.25, 0.3) is 11.1 Å². The molecule has 4 atom stereocenters. The second-order valence-electron chi connectivity index (χ2n) is 15.9. The van der Waals surface area contributed by atoms with Crippen molar-refractivity contribution in [3.05, 3.63) is 95.1 Å². The lowest BCUT2D eigenvalue weighted by atomic mass is 9.53. The van der Waals surface area contributed by atoms with Gasteiger partial charge in [-0.2, -0.15) is 0 Å². The number of carbonyl (C=O) groups is 1. The summed E-state index contributed by atoms with van der Waals surface area (Å²) in [7, 11) is 1.78. The Labute approximate surface area is 296 Å². The molecule has 2 aliphatic heterocycles. The molecule has 0 radical (unpaired) electrons. The predicted molar refractivity (Wildman–Crippen MR) is 193 cm³/mol. The minimum atomic E-state index is -0.501. The number of hydrogen-bond acceptors (Lipinski definition) is 6. The van der Waals surface area contributed by atoms with Crippen molar-refractivity contribution in [1.29, 1.82) is 0 Å². The molecular formula is C42H53N3O5. The monoisotopic (exact) mass is 679 g/mol. The zero-order chi connectivity index (χ0) is 34.1. The maximum atomic E-state index is 13.2. The van der Waals surface area contributed by atoms with Gasteiger partial charge in [0.15, 0.2) is 6.29 Å². The van der Waals surface area contributed by atoms with Crippen LogP contribution in [0.4, 0.5) is 4.79 Å². The van der Waals surface area contributed by atoms with Crippen LogP contribution in [0.15, 0.2) is 72.8 Å². The number of amides is 2. The number of urea groups is 1. The highest BCUT2D eigenvalue weighted by molar-refractivity contribution is 5.76. The third-order valence-corrected chi connectivity index (χ3v) is 12.3. The van der Waals surface area contributed by atoms with Gasteiger partial charge in [-0.15, -0.1) is 0 Å². The third-order valence-electron chi connectivity index (χ3n) is 12.3. The summed E-state index contributed by atoms with van der Waals surface area (Å²) in [4.78, 5) is 15.8. The van der Waals surface area contributed by atoms with Crippen LogP contribution in [0.1, 0.15) is 92.4 Å². The molecule has 8 nitrogen and oxygen atoms in total. The van der Waals surface area contributed by atoms with Crippen LogP contribution in [0.3, 0.4) is 0 Å². The van der Waals surface area contributed by atoms with Crippen LogP contribution >= 0.6 is 0 Å². The summed E-state index contributed by atoms with van der Waals surface area (Å²) in [6.45, 7) is 3.14. The Morgan fingerprint density at radius 2 is 1.60 bits per heavy atom. The molecule has 4 aliphatic carbocycles. The molecule has 0 spiro atoms. The molecule has 2 heterocycles.